The molecule has 1 aliphatic carbocycles. The van der Waals surface area contributed by atoms with Crippen LogP contribution in [0.4, 0.5) is 0 Å². The molecule has 0 radical (unpaired) electrons. The fraction of sp³-hybridized carbons (Fsp3) is 0.304. The van der Waals surface area contributed by atoms with E-state index in [2.05, 4.69) is 0 Å². The number of carbonyl (C=O) groups is 1. The molecule has 7 heteroatoms. The summed E-state index contributed by atoms with van der Waals surface area (Å²) in [5.74, 6) is -0.131. The molecule has 0 saturated heterocycles. The molecule has 1 heterocycles. The minimum Gasteiger partial charge on any atom is -0.490 e. The molecular weight excluding hydrogens is 408 g/mol. The van der Waals surface area contributed by atoms with Crippen molar-refractivity contribution in [3.8, 4) is 17.1 Å². The van der Waals surface area contributed by atoms with E-state index in [4.69, 9.17) is 30.6 Å². The lowest BCUT2D eigenvalue weighted by atomic mass is 9.82. The normalized spacial score (nSPS) is 18.2. The minimum absolute atomic E-state index is 0.0344. The molecule has 0 unspecified atom stereocenters. The minimum atomic E-state index is -0.771. The average Bonchev–Trinajstić information content (AvgIpc) is 2.67. The van der Waals surface area contributed by atoms with Crippen LogP contribution in [0.5, 0.6) is 5.75 Å². The van der Waals surface area contributed by atoms with Crippen molar-refractivity contribution in [2.75, 3.05) is 13.2 Å². The molecule has 1 aliphatic rings. The number of hydrogen-bond acceptors (Lipinski definition) is 5. The maximum absolute atomic E-state index is 12.5. The van der Waals surface area contributed by atoms with Crippen LogP contribution < -0.4 is 10.2 Å². The van der Waals surface area contributed by atoms with E-state index in [1.165, 1.54) is 6.07 Å². The van der Waals surface area contributed by atoms with Gasteiger partial charge in [-0.25, -0.2) is 0 Å². The molecule has 1 aromatic heterocycles. The highest BCUT2D eigenvalue weighted by atomic mass is 35.5. The van der Waals surface area contributed by atoms with Crippen LogP contribution in [0.1, 0.15) is 18.4 Å². The summed E-state index contributed by atoms with van der Waals surface area (Å²) in [4.78, 5) is 23.4. The maximum Gasteiger partial charge on any atom is 0.306 e. The topological polar surface area (TPSA) is 86.0 Å². The van der Waals surface area contributed by atoms with Crippen LogP contribution in [0.25, 0.3) is 22.3 Å². The highest BCUT2D eigenvalue weighted by Gasteiger charge is 2.34. The molecule has 0 spiro atoms. The van der Waals surface area contributed by atoms with Gasteiger partial charge in [-0.2, -0.15) is 0 Å². The Morgan fingerprint density at radius 3 is 2.77 bits per heavy atom. The van der Waals surface area contributed by atoms with Crippen molar-refractivity contribution in [1.29, 1.82) is 0 Å². The summed E-state index contributed by atoms with van der Waals surface area (Å²) in [6, 6.07) is 12.1. The molecular formula is C23H21ClO6. The first-order chi connectivity index (χ1) is 14.4. The zero-order valence-electron chi connectivity index (χ0n) is 16.4. The predicted molar refractivity (Wildman–Crippen MR) is 113 cm³/mol. The van der Waals surface area contributed by atoms with Gasteiger partial charge in [0.25, 0.3) is 0 Å². The van der Waals surface area contributed by atoms with Gasteiger partial charge in [-0.15, -0.1) is 0 Å². The third-order valence-corrected chi connectivity index (χ3v) is 5.54. The monoisotopic (exact) mass is 428 g/mol. The van der Waals surface area contributed by atoms with Crippen LogP contribution in [0.15, 0.2) is 51.7 Å². The van der Waals surface area contributed by atoms with Gasteiger partial charge in [0.05, 0.1) is 34.6 Å². The van der Waals surface area contributed by atoms with Gasteiger partial charge in [0.2, 0.25) is 0 Å². The van der Waals surface area contributed by atoms with E-state index in [1.807, 2.05) is 25.1 Å². The predicted octanol–water partition coefficient (Wildman–Crippen LogP) is 4.68. The molecule has 6 nitrogen and oxygen atoms in total. The Bertz CT molecular complexity index is 1150. The zero-order valence-corrected chi connectivity index (χ0v) is 17.1. The van der Waals surface area contributed by atoms with Crippen LogP contribution in [0.3, 0.4) is 0 Å². The molecule has 4 rings (SSSR count). The molecule has 30 heavy (non-hydrogen) atoms. The molecule has 2 aromatic carbocycles. The van der Waals surface area contributed by atoms with Gasteiger partial charge >= 0.3 is 5.97 Å². The fourth-order valence-corrected chi connectivity index (χ4v) is 3.72. The van der Waals surface area contributed by atoms with Gasteiger partial charge in [0, 0.05) is 6.07 Å². The van der Waals surface area contributed by atoms with Gasteiger partial charge < -0.3 is 19.0 Å². The number of carboxylic acid groups (broad SMARTS) is 1. The van der Waals surface area contributed by atoms with Crippen molar-refractivity contribution in [1.82, 2.24) is 0 Å². The van der Waals surface area contributed by atoms with Crippen molar-refractivity contribution < 1.29 is 23.8 Å². The molecule has 0 amide bonds. The number of rotatable bonds is 7. The maximum atomic E-state index is 12.5. The Labute approximate surface area is 178 Å². The number of fused-ring (bicyclic) bond motifs is 1. The Hall–Kier alpha value is -2.83. The summed E-state index contributed by atoms with van der Waals surface area (Å²) in [6.45, 7) is 2.58. The van der Waals surface area contributed by atoms with E-state index in [0.717, 1.165) is 5.56 Å². The summed E-state index contributed by atoms with van der Waals surface area (Å²) >= 11 is 6.22. The second-order valence-electron chi connectivity index (χ2n) is 7.44. The van der Waals surface area contributed by atoms with Crippen molar-refractivity contribution in [3.63, 3.8) is 0 Å². The molecule has 1 saturated carbocycles. The number of hydrogen-bond donors (Lipinski definition) is 1. The van der Waals surface area contributed by atoms with Crippen molar-refractivity contribution in [2.45, 2.75) is 25.9 Å². The number of aryl methyl sites for hydroxylation is 1. The first kappa shape index (κ1) is 20.4. The smallest absolute Gasteiger partial charge is 0.306 e. The Morgan fingerprint density at radius 2 is 2.00 bits per heavy atom. The first-order valence-corrected chi connectivity index (χ1v) is 10.1. The van der Waals surface area contributed by atoms with E-state index in [1.54, 1.807) is 18.2 Å². The SMILES string of the molecule is Cc1ccc(OCCOC2CC(C(=O)O)C2)c(-c2cc(=O)c3cccc(Cl)c3o2)c1. The van der Waals surface area contributed by atoms with Gasteiger partial charge in [-0.05, 0) is 44.0 Å². The van der Waals surface area contributed by atoms with Gasteiger partial charge in [0.15, 0.2) is 11.0 Å². The van der Waals surface area contributed by atoms with Crippen LogP contribution in [0, 0.1) is 12.8 Å². The second kappa shape index (κ2) is 8.50. The Balaban J connectivity index is 1.50. The summed E-state index contributed by atoms with van der Waals surface area (Å²) in [5, 5.41) is 9.71. The largest absolute Gasteiger partial charge is 0.490 e. The molecule has 156 valence electrons. The number of ether oxygens (including phenoxy) is 2. The van der Waals surface area contributed by atoms with Crippen LogP contribution in [0.2, 0.25) is 5.02 Å². The van der Waals surface area contributed by atoms with Crippen LogP contribution in [-0.4, -0.2) is 30.4 Å². The van der Waals surface area contributed by atoms with Crippen molar-refractivity contribution in [3.05, 3.63) is 63.3 Å². The number of carboxylic acids is 1. The molecule has 1 N–H and O–H groups in total. The fourth-order valence-electron chi connectivity index (χ4n) is 3.51. The molecule has 0 aliphatic heterocycles. The summed E-state index contributed by atoms with van der Waals surface area (Å²) < 4.78 is 17.5. The van der Waals surface area contributed by atoms with Gasteiger partial charge in [-0.3, -0.25) is 9.59 Å². The van der Waals surface area contributed by atoms with Crippen molar-refractivity contribution in [2.24, 2.45) is 5.92 Å². The summed E-state index contributed by atoms with van der Waals surface area (Å²) in [6.07, 6.45) is 1.04. The lowest BCUT2D eigenvalue weighted by Gasteiger charge is -2.32. The van der Waals surface area contributed by atoms with Crippen LogP contribution >= 0.6 is 11.6 Å². The summed E-state index contributed by atoms with van der Waals surface area (Å²) in [7, 11) is 0. The molecule has 3 aromatic rings. The van der Waals surface area contributed by atoms with E-state index in [9.17, 15) is 9.59 Å². The molecule has 0 atom stereocenters. The Kier molecular flexibility index (Phi) is 5.79. The molecule has 1 fully saturated rings. The number of halogens is 1. The lowest BCUT2D eigenvalue weighted by Crippen LogP contribution is -2.37. The second-order valence-corrected chi connectivity index (χ2v) is 7.85. The van der Waals surface area contributed by atoms with Gasteiger partial charge in [0.1, 0.15) is 18.1 Å². The van der Waals surface area contributed by atoms with E-state index in [0.29, 0.717) is 59.1 Å². The number of benzene rings is 2. The zero-order chi connectivity index (χ0) is 21.3. The highest BCUT2D eigenvalue weighted by molar-refractivity contribution is 6.34. The Morgan fingerprint density at radius 1 is 1.20 bits per heavy atom. The first-order valence-electron chi connectivity index (χ1n) is 9.73. The standard InChI is InChI=1S/C23H21ClO6/c1-13-5-6-20(29-8-7-28-15-10-14(11-15)23(26)27)17(9-13)21-12-19(25)16-3-2-4-18(24)22(16)30-21/h2-6,9,12,14-15H,7-8,10-11H2,1H3,(H,26,27). The lowest BCUT2D eigenvalue weighted by molar-refractivity contribution is -0.151. The summed E-state index contributed by atoms with van der Waals surface area (Å²) in [5.41, 5.74) is 1.81. The van der Waals surface area contributed by atoms with E-state index in [-0.39, 0.29) is 17.5 Å². The highest BCUT2D eigenvalue weighted by Crippen LogP contribution is 2.34. The number of aliphatic carboxylic acids is 1. The number of para-hydroxylation sites is 1. The van der Waals surface area contributed by atoms with Crippen molar-refractivity contribution >= 4 is 28.5 Å². The van der Waals surface area contributed by atoms with Crippen LogP contribution in [-0.2, 0) is 9.53 Å². The quantitative estimate of drug-likeness (QED) is 0.550. The van der Waals surface area contributed by atoms with E-state index >= 15 is 0 Å². The van der Waals surface area contributed by atoms with E-state index < -0.39 is 5.97 Å². The van der Waals surface area contributed by atoms with Gasteiger partial charge in [-0.1, -0.05) is 29.3 Å². The third-order valence-electron chi connectivity index (χ3n) is 5.25. The average molecular weight is 429 g/mol. The third kappa shape index (κ3) is 4.20. The molecule has 0 bridgehead atoms.